The van der Waals surface area contributed by atoms with E-state index >= 15 is 0 Å². The average Bonchev–Trinajstić information content (AvgIpc) is 2.72. The fourth-order valence-electron chi connectivity index (χ4n) is 3.94. The summed E-state index contributed by atoms with van der Waals surface area (Å²) in [5, 5.41) is 5.91. The number of benzene rings is 1. The molecule has 3 amide bonds. The number of aryl methyl sites for hydroxylation is 1. The highest BCUT2D eigenvalue weighted by atomic mass is 16.6. The zero-order valence-electron chi connectivity index (χ0n) is 24.5. The number of hydrogen-bond donors (Lipinski definition) is 2. The molecule has 0 bridgehead atoms. The van der Waals surface area contributed by atoms with Crippen LogP contribution >= 0.6 is 0 Å². The Morgan fingerprint density at radius 1 is 0.972 bits per heavy atom. The first-order valence-electron chi connectivity index (χ1n) is 13.0. The minimum atomic E-state index is -0.875. The molecule has 2 N–H and O–H groups in total. The average molecular weight is 504 g/mol. The molecule has 0 heterocycles. The van der Waals surface area contributed by atoms with Crippen molar-refractivity contribution in [3.8, 4) is 0 Å². The summed E-state index contributed by atoms with van der Waals surface area (Å²) in [5.74, 6) is -0.741. The number of nitrogens with one attached hydrogen (secondary N) is 2. The second kappa shape index (κ2) is 12.1. The van der Waals surface area contributed by atoms with E-state index in [2.05, 4.69) is 10.6 Å². The second-order valence-corrected chi connectivity index (χ2v) is 12.4. The molecule has 36 heavy (non-hydrogen) atoms. The number of rotatable bonds is 9. The van der Waals surface area contributed by atoms with Gasteiger partial charge in [0.1, 0.15) is 17.7 Å². The summed E-state index contributed by atoms with van der Waals surface area (Å²) in [7, 11) is 0. The van der Waals surface area contributed by atoms with Gasteiger partial charge >= 0.3 is 6.09 Å². The quantitative estimate of drug-likeness (QED) is 0.439. The molecule has 0 saturated heterocycles. The Morgan fingerprint density at radius 2 is 1.53 bits per heavy atom. The largest absolute Gasteiger partial charge is 0.444 e. The van der Waals surface area contributed by atoms with Gasteiger partial charge in [-0.3, -0.25) is 9.59 Å². The van der Waals surface area contributed by atoms with Gasteiger partial charge < -0.3 is 20.3 Å². The molecule has 1 rings (SSSR count). The van der Waals surface area contributed by atoms with Crippen molar-refractivity contribution >= 4 is 17.9 Å². The van der Waals surface area contributed by atoms with Gasteiger partial charge in [-0.15, -0.1) is 0 Å². The minimum Gasteiger partial charge on any atom is -0.444 e. The Balaban J connectivity index is 3.73. The molecule has 204 valence electrons. The third-order valence-electron chi connectivity index (χ3n) is 6.39. The number of carbonyl (C=O) groups excluding carboxylic acids is 3. The molecule has 0 saturated carbocycles. The van der Waals surface area contributed by atoms with Crippen LogP contribution in [0, 0.1) is 12.8 Å². The van der Waals surface area contributed by atoms with Gasteiger partial charge in [0.2, 0.25) is 11.8 Å². The predicted molar refractivity (Wildman–Crippen MR) is 146 cm³/mol. The lowest BCUT2D eigenvalue weighted by Gasteiger charge is -2.46. The molecule has 0 radical (unpaired) electrons. The first-order valence-corrected chi connectivity index (χ1v) is 13.0. The monoisotopic (exact) mass is 503 g/mol. The van der Waals surface area contributed by atoms with Gasteiger partial charge in [-0.05, 0) is 85.8 Å². The van der Waals surface area contributed by atoms with Crippen molar-refractivity contribution in [2.24, 2.45) is 5.92 Å². The first kappa shape index (κ1) is 31.5. The van der Waals surface area contributed by atoms with Crippen LogP contribution in [-0.2, 0) is 14.3 Å². The van der Waals surface area contributed by atoms with Crippen molar-refractivity contribution in [1.82, 2.24) is 15.5 Å². The standard InChI is InChI=1S/C29H49N3O4/c1-13-19(3)22(30-26(35)36-28(8,9)10)25(34)32(29(11,12)14-2)23(24(33)31-27(5,6)7)21-18-16-15-17-20(21)4/h15-19,22-23H,13-14H2,1-12H3,(H,30,35)(H,31,33). The molecule has 0 aromatic heterocycles. The Kier molecular flexibility index (Phi) is 10.6. The van der Waals surface area contributed by atoms with E-state index < -0.39 is 34.9 Å². The fourth-order valence-corrected chi connectivity index (χ4v) is 3.94. The van der Waals surface area contributed by atoms with E-state index in [4.69, 9.17) is 4.74 Å². The summed E-state index contributed by atoms with van der Waals surface area (Å²) in [6.07, 6.45) is 0.626. The van der Waals surface area contributed by atoms with Crippen molar-refractivity contribution in [3.63, 3.8) is 0 Å². The number of hydrogen-bond acceptors (Lipinski definition) is 4. The summed E-state index contributed by atoms with van der Waals surface area (Å²) < 4.78 is 5.48. The second-order valence-electron chi connectivity index (χ2n) is 12.4. The molecule has 3 atom stereocenters. The lowest BCUT2D eigenvalue weighted by Crippen LogP contribution is -2.61. The highest BCUT2D eigenvalue weighted by Gasteiger charge is 2.45. The molecule has 1 aromatic carbocycles. The van der Waals surface area contributed by atoms with Crippen LogP contribution < -0.4 is 10.6 Å². The van der Waals surface area contributed by atoms with Crippen molar-refractivity contribution in [2.45, 2.75) is 125 Å². The number of carbonyl (C=O) groups is 3. The molecule has 0 spiro atoms. The van der Waals surface area contributed by atoms with Crippen LogP contribution in [0.15, 0.2) is 24.3 Å². The van der Waals surface area contributed by atoms with Crippen LogP contribution in [0.1, 0.15) is 106 Å². The molecular weight excluding hydrogens is 454 g/mol. The fraction of sp³-hybridized carbons (Fsp3) is 0.690. The van der Waals surface area contributed by atoms with E-state index in [1.54, 1.807) is 25.7 Å². The zero-order chi connectivity index (χ0) is 28.1. The normalized spacial score (nSPS) is 14.9. The van der Waals surface area contributed by atoms with Gasteiger partial charge in [0.25, 0.3) is 0 Å². The maximum atomic E-state index is 14.4. The maximum Gasteiger partial charge on any atom is 0.408 e. The lowest BCUT2D eigenvalue weighted by molar-refractivity contribution is -0.151. The molecule has 0 aliphatic heterocycles. The number of ether oxygens (including phenoxy) is 1. The van der Waals surface area contributed by atoms with Crippen LogP contribution in [0.4, 0.5) is 4.79 Å². The molecule has 0 aliphatic rings. The van der Waals surface area contributed by atoms with Crippen molar-refractivity contribution < 1.29 is 19.1 Å². The van der Waals surface area contributed by atoms with E-state index in [-0.39, 0.29) is 17.7 Å². The van der Waals surface area contributed by atoms with Crippen LogP contribution in [0.2, 0.25) is 0 Å². The Hall–Kier alpha value is -2.57. The summed E-state index contributed by atoms with van der Waals surface area (Å²) in [6.45, 7) is 22.9. The first-order chi connectivity index (χ1) is 16.3. The van der Waals surface area contributed by atoms with Crippen molar-refractivity contribution in [1.29, 1.82) is 0 Å². The van der Waals surface area contributed by atoms with Crippen LogP contribution in [0.5, 0.6) is 0 Å². The van der Waals surface area contributed by atoms with Crippen molar-refractivity contribution in [3.05, 3.63) is 35.4 Å². The minimum absolute atomic E-state index is 0.177. The summed E-state index contributed by atoms with van der Waals surface area (Å²) in [6, 6.07) is 5.91. The van der Waals surface area contributed by atoms with Gasteiger partial charge in [0.05, 0.1) is 0 Å². The van der Waals surface area contributed by atoms with Crippen LogP contribution in [0.25, 0.3) is 0 Å². The third-order valence-corrected chi connectivity index (χ3v) is 6.39. The van der Waals surface area contributed by atoms with Gasteiger partial charge in [0.15, 0.2) is 0 Å². The smallest absolute Gasteiger partial charge is 0.408 e. The lowest BCUT2D eigenvalue weighted by atomic mass is 9.88. The summed E-state index contributed by atoms with van der Waals surface area (Å²) in [4.78, 5) is 42.7. The van der Waals surface area contributed by atoms with E-state index in [0.29, 0.717) is 12.8 Å². The molecule has 3 unspecified atom stereocenters. The van der Waals surface area contributed by atoms with Gasteiger partial charge in [0, 0.05) is 11.1 Å². The van der Waals surface area contributed by atoms with Gasteiger partial charge in [-0.25, -0.2) is 4.79 Å². The highest BCUT2D eigenvalue weighted by molar-refractivity contribution is 5.93. The van der Waals surface area contributed by atoms with Gasteiger partial charge in [-0.2, -0.15) is 0 Å². The highest BCUT2D eigenvalue weighted by Crippen LogP contribution is 2.34. The molecular formula is C29H49N3O4. The molecule has 0 fully saturated rings. The SMILES string of the molecule is CCC(C)C(NC(=O)OC(C)(C)C)C(=O)N(C(C(=O)NC(C)(C)C)c1ccccc1C)C(C)(C)CC. The molecule has 0 aliphatic carbocycles. The van der Waals surface area contributed by atoms with Gasteiger partial charge in [-0.1, -0.05) is 51.5 Å². The number of amides is 3. The predicted octanol–water partition coefficient (Wildman–Crippen LogP) is 5.91. The van der Waals surface area contributed by atoms with Crippen LogP contribution in [0.3, 0.4) is 0 Å². The maximum absolute atomic E-state index is 14.4. The topological polar surface area (TPSA) is 87.7 Å². The Morgan fingerprint density at radius 3 is 1.97 bits per heavy atom. The molecule has 7 nitrogen and oxygen atoms in total. The Bertz CT molecular complexity index is 912. The van der Waals surface area contributed by atoms with Crippen LogP contribution in [-0.4, -0.2) is 45.5 Å². The number of nitrogens with zero attached hydrogens (tertiary/aromatic N) is 1. The molecule has 7 heteroatoms. The summed E-state index contributed by atoms with van der Waals surface area (Å²) in [5.41, 5.74) is -0.203. The van der Waals surface area contributed by atoms with Crippen molar-refractivity contribution in [2.75, 3.05) is 0 Å². The van der Waals surface area contributed by atoms with E-state index in [0.717, 1.165) is 11.1 Å². The number of alkyl carbamates (subject to hydrolysis) is 1. The molecule has 1 aromatic rings. The van der Waals surface area contributed by atoms with E-state index in [9.17, 15) is 14.4 Å². The third kappa shape index (κ3) is 8.82. The van der Waals surface area contributed by atoms with E-state index in [1.165, 1.54) is 0 Å². The van der Waals surface area contributed by atoms with E-state index in [1.807, 2.05) is 86.6 Å². The zero-order valence-corrected chi connectivity index (χ0v) is 24.5. The summed E-state index contributed by atoms with van der Waals surface area (Å²) >= 11 is 0. The Labute approximate surface area is 218 Å².